The van der Waals surface area contributed by atoms with Crippen molar-refractivity contribution in [1.29, 1.82) is 0 Å². The van der Waals surface area contributed by atoms with Gasteiger partial charge >= 0.3 is 0 Å². The number of hydrogen-bond donors (Lipinski definition) is 1. The van der Waals surface area contributed by atoms with Crippen molar-refractivity contribution in [3.05, 3.63) is 0 Å². The van der Waals surface area contributed by atoms with Crippen molar-refractivity contribution in [3.63, 3.8) is 0 Å². The zero-order valence-corrected chi connectivity index (χ0v) is 11.4. The largest absolute Gasteiger partial charge is 0.380 e. The first-order valence-corrected chi connectivity index (χ1v) is 6.87. The number of piperazine rings is 1. The monoisotopic (exact) mass is 241 g/mol. The van der Waals surface area contributed by atoms with Crippen LogP contribution in [0.25, 0.3) is 0 Å². The van der Waals surface area contributed by atoms with Gasteiger partial charge in [-0.2, -0.15) is 0 Å². The van der Waals surface area contributed by atoms with E-state index in [1.165, 1.54) is 39.1 Å². The minimum absolute atomic E-state index is 0.411. The maximum atomic E-state index is 5.25. The Balaban J connectivity index is 1.46. The molecule has 17 heavy (non-hydrogen) atoms. The third-order valence-electron chi connectivity index (χ3n) is 3.88. The molecule has 0 bridgehead atoms. The number of hydrogen-bond acceptors (Lipinski definition) is 4. The molecule has 0 amide bonds. The summed E-state index contributed by atoms with van der Waals surface area (Å²) in [6.45, 7) is 12.6. The first-order valence-electron chi connectivity index (χ1n) is 6.87. The summed E-state index contributed by atoms with van der Waals surface area (Å²) >= 11 is 0. The van der Waals surface area contributed by atoms with E-state index in [0.29, 0.717) is 5.41 Å². The fourth-order valence-corrected chi connectivity index (χ4v) is 2.44. The molecule has 0 aromatic rings. The van der Waals surface area contributed by atoms with Gasteiger partial charge in [0, 0.05) is 38.1 Å². The standard InChI is InChI=1S/C13H27N3O/c1-13(11-17-12-13)10-14-4-3-5-16-8-6-15(2)7-9-16/h14H,3-12H2,1-2H3. The molecule has 0 aromatic heterocycles. The van der Waals surface area contributed by atoms with Crippen molar-refractivity contribution in [3.8, 4) is 0 Å². The lowest BCUT2D eigenvalue weighted by Gasteiger charge is -2.38. The molecule has 0 saturated carbocycles. The maximum Gasteiger partial charge on any atom is 0.0554 e. The quantitative estimate of drug-likeness (QED) is 0.675. The number of nitrogens with zero attached hydrogens (tertiary/aromatic N) is 2. The topological polar surface area (TPSA) is 27.7 Å². The predicted octanol–water partition coefficient (Wildman–Crippen LogP) is 0.250. The molecule has 100 valence electrons. The average molecular weight is 241 g/mol. The second-order valence-corrected chi connectivity index (χ2v) is 5.98. The molecular formula is C13H27N3O. The molecule has 2 aliphatic rings. The molecule has 0 atom stereocenters. The molecule has 0 unspecified atom stereocenters. The van der Waals surface area contributed by atoms with E-state index in [-0.39, 0.29) is 0 Å². The summed E-state index contributed by atoms with van der Waals surface area (Å²) in [5.74, 6) is 0. The Bertz CT molecular complexity index is 223. The highest BCUT2D eigenvalue weighted by Crippen LogP contribution is 2.24. The lowest BCUT2D eigenvalue weighted by Crippen LogP contribution is -2.48. The second-order valence-electron chi connectivity index (χ2n) is 5.98. The van der Waals surface area contributed by atoms with Gasteiger partial charge in [-0.1, -0.05) is 6.92 Å². The van der Waals surface area contributed by atoms with Crippen LogP contribution in [0.5, 0.6) is 0 Å². The Morgan fingerprint density at radius 3 is 2.47 bits per heavy atom. The molecule has 1 N–H and O–H groups in total. The van der Waals surface area contributed by atoms with Gasteiger partial charge < -0.3 is 19.9 Å². The second kappa shape index (κ2) is 6.14. The third kappa shape index (κ3) is 4.21. The zero-order chi connectivity index (χ0) is 12.1. The van der Waals surface area contributed by atoms with Crippen molar-refractivity contribution >= 4 is 0 Å². The summed E-state index contributed by atoms with van der Waals surface area (Å²) in [4.78, 5) is 4.99. The van der Waals surface area contributed by atoms with Crippen molar-refractivity contribution in [2.45, 2.75) is 13.3 Å². The average Bonchev–Trinajstić information content (AvgIpc) is 2.29. The highest BCUT2D eigenvalue weighted by molar-refractivity contribution is 4.82. The first kappa shape index (κ1) is 13.3. The molecule has 2 heterocycles. The molecule has 0 aromatic carbocycles. The van der Waals surface area contributed by atoms with Crippen LogP contribution in [0, 0.1) is 5.41 Å². The molecular weight excluding hydrogens is 214 g/mol. The molecule has 0 spiro atoms. The molecule has 2 rings (SSSR count). The van der Waals surface area contributed by atoms with Gasteiger partial charge in [-0.05, 0) is 26.6 Å². The van der Waals surface area contributed by atoms with Crippen molar-refractivity contribution < 1.29 is 4.74 Å². The van der Waals surface area contributed by atoms with Crippen molar-refractivity contribution in [1.82, 2.24) is 15.1 Å². The number of nitrogens with one attached hydrogen (secondary N) is 1. The van der Waals surface area contributed by atoms with Crippen LogP contribution in [-0.4, -0.2) is 75.9 Å². The van der Waals surface area contributed by atoms with Gasteiger partial charge in [-0.15, -0.1) is 0 Å². The van der Waals surface area contributed by atoms with Gasteiger partial charge in [0.1, 0.15) is 0 Å². The van der Waals surface area contributed by atoms with Gasteiger partial charge in [0.2, 0.25) is 0 Å². The maximum absolute atomic E-state index is 5.25. The van der Waals surface area contributed by atoms with Gasteiger partial charge in [0.15, 0.2) is 0 Å². The van der Waals surface area contributed by atoms with Crippen LogP contribution in [0.4, 0.5) is 0 Å². The van der Waals surface area contributed by atoms with E-state index in [1.807, 2.05) is 0 Å². The summed E-state index contributed by atoms with van der Waals surface area (Å²) < 4.78 is 5.25. The lowest BCUT2D eigenvalue weighted by molar-refractivity contribution is -0.0989. The van der Waals surface area contributed by atoms with E-state index in [9.17, 15) is 0 Å². The molecule has 4 nitrogen and oxygen atoms in total. The van der Waals surface area contributed by atoms with E-state index in [2.05, 4.69) is 29.1 Å². The van der Waals surface area contributed by atoms with Gasteiger partial charge in [0.05, 0.1) is 13.2 Å². The highest BCUT2D eigenvalue weighted by atomic mass is 16.5. The summed E-state index contributed by atoms with van der Waals surface area (Å²) in [7, 11) is 2.21. The van der Waals surface area contributed by atoms with Crippen LogP contribution in [0.3, 0.4) is 0 Å². The first-order chi connectivity index (χ1) is 8.18. The fraction of sp³-hybridized carbons (Fsp3) is 1.00. The third-order valence-corrected chi connectivity index (χ3v) is 3.88. The van der Waals surface area contributed by atoms with Crippen molar-refractivity contribution in [2.24, 2.45) is 5.41 Å². The Morgan fingerprint density at radius 1 is 1.18 bits per heavy atom. The molecule has 2 fully saturated rings. The molecule has 4 heteroatoms. The van der Waals surface area contributed by atoms with Crippen LogP contribution >= 0.6 is 0 Å². The molecule has 2 aliphatic heterocycles. The van der Waals surface area contributed by atoms with Crippen LogP contribution in [0.1, 0.15) is 13.3 Å². The Kier molecular flexibility index (Phi) is 4.79. The Labute approximate surface area is 105 Å². The molecule has 0 radical (unpaired) electrons. The smallest absolute Gasteiger partial charge is 0.0554 e. The number of likely N-dealkylation sites (N-methyl/N-ethyl adjacent to an activating group) is 1. The normalized spacial score (nSPS) is 25.8. The van der Waals surface area contributed by atoms with Crippen LogP contribution < -0.4 is 5.32 Å². The van der Waals surface area contributed by atoms with Crippen LogP contribution in [0.15, 0.2) is 0 Å². The van der Waals surface area contributed by atoms with Crippen molar-refractivity contribution in [2.75, 3.05) is 66.1 Å². The Morgan fingerprint density at radius 2 is 1.88 bits per heavy atom. The van der Waals surface area contributed by atoms with Crippen LogP contribution in [-0.2, 0) is 4.74 Å². The molecule has 0 aliphatic carbocycles. The summed E-state index contributed by atoms with van der Waals surface area (Å²) in [6.07, 6.45) is 1.26. The fourth-order valence-electron chi connectivity index (χ4n) is 2.44. The van der Waals surface area contributed by atoms with E-state index < -0.39 is 0 Å². The SMILES string of the molecule is CN1CCN(CCCNCC2(C)COC2)CC1. The lowest BCUT2D eigenvalue weighted by atomic mass is 9.89. The molecule has 2 saturated heterocycles. The van der Waals surface area contributed by atoms with E-state index >= 15 is 0 Å². The number of rotatable bonds is 6. The minimum Gasteiger partial charge on any atom is -0.380 e. The van der Waals surface area contributed by atoms with E-state index in [1.54, 1.807) is 0 Å². The zero-order valence-electron chi connectivity index (χ0n) is 11.4. The predicted molar refractivity (Wildman–Crippen MR) is 70.3 cm³/mol. The summed E-state index contributed by atoms with van der Waals surface area (Å²) in [6, 6.07) is 0. The Hall–Kier alpha value is -0.160. The minimum atomic E-state index is 0.411. The number of ether oxygens (including phenoxy) is 1. The van der Waals surface area contributed by atoms with E-state index in [4.69, 9.17) is 4.74 Å². The summed E-state index contributed by atoms with van der Waals surface area (Å²) in [5, 5.41) is 3.56. The van der Waals surface area contributed by atoms with Gasteiger partial charge in [0.25, 0.3) is 0 Å². The summed E-state index contributed by atoms with van der Waals surface area (Å²) in [5.41, 5.74) is 0.411. The van der Waals surface area contributed by atoms with Crippen LogP contribution in [0.2, 0.25) is 0 Å². The highest BCUT2D eigenvalue weighted by Gasteiger charge is 2.32. The van der Waals surface area contributed by atoms with Gasteiger partial charge in [-0.3, -0.25) is 0 Å². The van der Waals surface area contributed by atoms with Gasteiger partial charge in [-0.25, -0.2) is 0 Å². The van der Waals surface area contributed by atoms with E-state index in [0.717, 1.165) is 26.3 Å².